The van der Waals surface area contributed by atoms with E-state index in [1.54, 1.807) is 0 Å². The maximum Gasteiger partial charge on any atom is 0.189 e. The van der Waals surface area contributed by atoms with Crippen molar-refractivity contribution in [3.05, 3.63) is 17.0 Å². The van der Waals surface area contributed by atoms with Crippen molar-refractivity contribution < 1.29 is 4.52 Å². The summed E-state index contributed by atoms with van der Waals surface area (Å²) in [4.78, 5) is 4.36. The van der Waals surface area contributed by atoms with Crippen LogP contribution < -0.4 is 11.1 Å². The van der Waals surface area contributed by atoms with E-state index in [4.69, 9.17) is 10.3 Å². The van der Waals surface area contributed by atoms with E-state index in [0.29, 0.717) is 12.5 Å². The van der Waals surface area contributed by atoms with Gasteiger partial charge in [0.15, 0.2) is 5.96 Å². The Balaban J connectivity index is 0.00000324. The molecule has 5 nitrogen and oxygen atoms in total. The molecule has 0 fully saturated rings. The lowest BCUT2D eigenvalue weighted by Gasteiger charge is -2.21. The molecular weight excluding hydrogens is 355 g/mol. The summed E-state index contributed by atoms with van der Waals surface area (Å²) in [5.74, 6) is 1.58. The summed E-state index contributed by atoms with van der Waals surface area (Å²) >= 11 is 0. The van der Waals surface area contributed by atoms with Crippen LogP contribution in [0.3, 0.4) is 0 Å². The van der Waals surface area contributed by atoms with Crippen molar-refractivity contribution in [2.24, 2.45) is 10.7 Å². The first-order valence-electron chi connectivity index (χ1n) is 6.21. The first kappa shape index (κ1) is 18.2. The number of nitrogens with one attached hydrogen (secondary N) is 1. The van der Waals surface area contributed by atoms with E-state index in [9.17, 15) is 0 Å². The quantitative estimate of drug-likeness (QED) is 0.480. The molecule has 0 aliphatic carbocycles. The lowest BCUT2D eigenvalue weighted by molar-refractivity contribution is 0.391. The standard InChI is InChI=1S/C13H24N4O.HI/c1-8(11-9(2)17-18-10(11)3)7-15-12(14)16-13(4,5)6;/h8H,7H2,1-6H3,(H3,14,15,16);1H. The summed E-state index contributed by atoms with van der Waals surface area (Å²) < 4.78 is 5.16. The van der Waals surface area contributed by atoms with Gasteiger partial charge in [0.05, 0.1) is 5.69 Å². The summed E-state index contributed by atoms with van der Waals surface area (Å²) in [5.41, 5.74) is 7.82. The van der Waals surface area contributed by atoms with Crippen LogP contribution in [0.5, 0.6) is 0 Å². The van der Waals surface area contributed by atoms with E-state index in [1.165, 1.54) is 0 Å². The van der Waals surface area contributed by atoms with Gasteiger partial charge in [0.25, 0.3) is 0 Å². The number of nitrogens with zero attached hydrogens (tertiary/aromatic N) is 2. The summed E-state index contributed by atoms with van der Waals surface area (Å²) in [5, 5.41) is 7.09. The molecule has 3 N–H and O–H groups in total. The van der Waals surface area contributed by atoms with E-state index < -0.39 is 0 Å². The van der Waals surface area contributed by atoms with Crippen molar-refractivity contribution in [2.45, 2.75) is 53.0 Å². The van der Waals surface area contributed by atoms with E-state index in [2.05, 4.69) is 22.4 Å². The van der Waals surface area contributed by atoms with Crippen molar-refractivity contribution in [3.8, 4) is 0 Å². The van der Waals surface area contributed by atoms with Gasteiger partial charge in [0, 0.05) is 23.6 Å². The highest BCUT2D eigenvalue weighted by Crippen LogP contribution is 2.23. The van der Waals surface area contributed by atoms with Crippen LogP contribution in [0.4, 0.5) is 0 Å². The van der Waals surface area contributed by atoms with Crippen molar-refractivity contribution in [1.29, 1.82) is 0 Å². The highest BCUT2D eigenvalue weighted by atomic mass is 127. The minimum Gasteiger partial charge on any atom is -0.370 e. The van der Waals surface area contributed by atoms with Gasteiger partial charge in [-0.25, -0.2) is 0 Å². The predicted octanol–water partition coefficient (Wildman–Crippen LogP) is 2.72. The zero-order chi connectivity index (χ0) is 13.9. The van der Waals surface area contributed by atoms with Crippen LogP contribution in [0, 0.1) is 13.8 Å². The van der Waals surface area contributed by atoms with Crippen LogP contribution in [0.1, 0.15) is 50.6 Å². The molecule has 6 heteroatoms. The van der Waals surface area contributed by atoms with E-state index >= 15 is 0 Å². The molecule has 0 saturated carbocycles. The second-order valence-corrected chi connectivity index (χ2v) is 5.74. The fourth-order valence-electron chi connectivity index (χ4n) is 1.94. The van der Waals surface area contributed by atoms with Crippen LogP contribution in [-0.2, 0) is 0 Å². The van der Waals surface area contributed by atoms with Crippen LogP contribution in [0.15, 0.2) is 9.52 Å². The van der Waals surface area contributed by atoms with E-state index in [-0.39, 0.29) is 35.4 Å². The summed E-state index contributed by atoms with van der Waals surface area (Å²) in [6.45, 7) is 12.7. The van der Waals surface area contributed by atoms with Gasteiger partial charge in [-0.1, -0.05) is 12.1 Å². The molecule has 19 heavy (non-hydrogen) atoms. The van der Waals surface area contributed by atoms with Crippen LogP contribution in [0.2, 0.25) is 0 Å². The predicted molar refractivity (Wildman–Crippen MR) is 89.2 cm³/mol. The van der Waals surface area contributed by atoms with Gasteiger partial charge in [-0.05, 0) is 34.6 Å². The third-order valence-electron chi connectivity index (χ3n) is 2.62. The highest BCUT2D eigenvalue weighted by Gasteiger charge is 2.16. The molecule has 1 unspecified atom stereocenters. The largest absolute Gasteiger partial charge is 0.370 e. The average molecular weight is 380 g/mol. The Labute approximate surface area is 132 Å². The van der Waals surface area contributed by atoms with Crippen molar-refractivity contribution in [2.75, 3.05) is 6.54 Å². The Hall–Kier alpha value is -0.790. The number of aliphatic imine (C=N–C) groups is 1. The topological polar surface area (TPSA) is 76.4 Å². The Morgan fingerprint density at radius 3 is 2.42 bits per heavy atom. The fraction of sp³-hybridized carbons (Fsp3) is 0.692. The SMILES string of the molecule is Cc1noc(C)c1C(C)CN=C(N)NC(C)(C)C.I. The zero-order valence-electron chi connectivity index (χ0n) is 12.6. The first-order chi connectivity index (χ1) is 8.20. The summed E-state index contributed by atoms with van der Waals surface area (Å²) in [7, 11) is 0. The van der Waals surface area contributed by atoms with Gasteiger partial charge in [0.1, 0.15) is 5.76 Å². The molecule has 1 aromatic rings. The second kappa shape index (κ2) is 7.12. The summed E-state index contributed by atoms with van der Waals surface area (Å²) in [6.07, 6.45) is 0. The van der Waals surface area contributed by atoms with Gasteiger partial charge in [0.2, 0.25) is 0 Å². The monoisotopic (exact) mass is 380 g/mol. The molecule has 1 aromatic heterocycles. The Morgan fingerprint density at radius 2 is 2.00 bits per heavy atom. The fourth-order valence-corrected chi connectivity index (χ4v) is 1.94. The number of halogens is 1. The molecule has 0 aliphatic heterocycles. The van der Waals surface area contributed by atoms with E-state index in [1.807, 2.05) is 34.6 Å². The van der Waals surface area contributed by atoms with Crippen LogP contribution in [0.25, 0.3) is 0 Å². The van der Waals surface area contributed by atoms with Gasteiger partial charge < -0.3 is 15.6 Å². The Bertz CT molecular complexity index is 415. The highest BCUT2D eigenvalue weighted by molar-refractivity contribution is 14.0. The number of hydrogen-bond donors (Lipinski definition) is 2. The molecule has 0 spiro atoms. The number of aromatic nitrogens is 1. The Kier molecular flexibility index (Phi) is 6.82. The van der Waals surface area contributed by atoms with Gasteiger partial charge in [-0.15, -0.1) is 24.0 Å². The lowest BCUT2D eigenvalue weighted by Crippen LogP contribution is -2.45. The molecular formula is C13H25IN4O. The molecule has 0 aromatic carbocycles. The normalized spacial score (nSPS) is 13.9. The number of hydrogen-bond acceptors (Lipinski definition) is 3. The smallest absolute Gasteiger partial charge is 0.189 e. The Morgan fingerprint density at radius 1 is 1.42 bits per heavy atom. The summed E-state index contributed by atoms with van der Waals surface area (Å²) in [6, 6.07) is 0. The molecule has 0 bridgehead atoms. The van der Waals surface area contributed by atoms with Crippen molar-refractivity contribution in [3.63, 3.8) is 0 Å². The van der Waals surface area contributed by atoms with Gasteiger partial charge in [-0.2, -0.15) is 0 Å². The molecule has 110 valence electrons. The first-order valence-corrected chi connectivity index (χ1v) is 6.21. The average Bonchev–Trinajstić information content (AvgIpc) is 2.53. The second-order valence-electron chi connectivity index (χ2n) is 5.74. The van der Waals surface area contributed by atoms with Crippen molar-refractivity contribution in [1.82, 2.24) is 10.5 Å². The number of rotatable bonds is 3. The van der Waals surface area contributed by atoms with E-state index in [0.717, 1.165) is 17.0 Å². The maximum atomic E-state index is 5.84. The van der Waals surface area contributed by atoms with Crippen molar-refractivity contribution >= 4 is 29.9 Å². The van der Waals surface area contributed by atoms with Crippen LogP contribution >= 0.6 is 24.0 Å². The van der Waals surface area contributed by atoms with Gasteiger partial charge in [-0.3, -0.25) is 4.99 Å². The number of aryl methyl sites for hydroxylation is 2. The minimum atomic E-state index is -0.0696. The molecule has 1 heterocycles. The molecule has 0 amide bonds. The zero-order valence-corrected chi connectivity index (χ0v) is 14.9. The number of guanidine groups is 1. The number of nitrogens with two attached hydrogens (primary N) is 1. The molecule has 1 atom stereocenters. The molecule has 1 rings (SSSR count). The lowest BCUT2D eigenvalue weighted by atomic mass is 10.00. The third-order valence-corrected chi connectivity index (χ3v) is 2.62. The molecule has 0 saturated heterocycles. The third kappa shape index (κ3) is 5.80. The van der Waals surface area contributed by atoms with Gasteiger partial charge >= 0.3 is 0 Å². The molecule has 0 aliphatic rings. The maximum absolute atomic E-state index is 5.84. The van der Waals surface area contributed by atoms with Crippen LogP contribution in [-0.4, -0.2) is 23.2 Å². The molecule has 0 radical (unpaired) electrons. The minimum absolute atomic E-state index is 0.